The molecule has 0 aromatic heterocycles. The van der Waals surface area contributed by atoms with Gasteiger partial charge in [-0.1, -0.05) is 36.4 Å². The van der Waals surface area contributed by atoms with Crippen LogP contribution in [-0.2, 0) is 0 Å². The lowest BCUT2D eigenvalue weighted by Crippen LogP contribution is -1.83. The van der Waals surface area contributed by atoms with Gasteiger partial charge in [0.25, 0.3) is 6.43 Å². The molecule has 3 heteroatoms. The zero-order valence-electron chi connectivity index (χ0n) is 8.40. The summed E-state index contributed by atoms with van der Waals surface area (Å²) in [6, 6.07) is 12.7. The smallest absolute Gasteiger partial charge is 0.263 e. The molecule has 0 aliphatic heterocycles. The minimum absolute atomic E-state index is 0.0162. The number of alkyl halides is 2. The Bertz CT molecular complexity index is 460. The van der Waals surface area contributed by atoms with Crippen molar-refractivity contribution >= 4 is 0 Å². The van der Waals surface area contributed by atoms with Crippen molar-refractivity contribution < 1.29 is 13.9 Å². The highest BCUT2D eigenvalue weighted by Crippen LogP contribution is 2.25. The second-order valence-corrected chi connectivity index (χ2v) is 3.47. The highest BCUT2D eigenvalue weighted by molar-refractivity contribution is 5.64. The predicted octanol–water partition coefficient (Wildman–Crippen LogP) is 4.00. The molecule has 0 saturated heterocycles. The van der Waals surface area contributed by atoms with Crippen LogP contribution in [0.1, 0.15) is 12.0 Å². The molecule has 0 aliphatic rings. The number of benzene rings is 2. The van der Waals surface area contributed by atoms with Crippen molar-refractivity contribution in [3.05, 3.63) is 54.1 Å². The van der Waals surface area contributed by atoms with E-state index in [1.807, 2.05) is 0 Å². The van der Waals surface area contributed by atoms with Crippen molar-refractivity contribution in [2.75, 3.05) is 0 Å². The van der Waals surface area contributed by atoms with Crippen LogP contribution in [0.2, 0.25) is 0 Å². The quantitative estimate of drug-likeness (QED) is 0.811. The number of halogens is 2. The Morgan fingerprint density at radius 2 is 1.19 bits per heavy atom. The van der Waals surface area contributed by atoms with Gasteiger partial charge in [-0.25, -0.2) is 8.78 Å². The van der Waals surface area contributed by atoms with Crippen molar-refractivity contribution in [2.45, 2.75) is 6.43 Å². The molecule has 0 aliphatic carbocycles. The molecule has 0 unspecified atom stereocenters. The summed E-state index contributed by atoms with van der Waals surface area (Å²) in [6.07, 6.45) is -2.44. The van der Waals surface area contributed by atoms with E-state index >= 15 is 0 Å². The average Bonchev–Trinajstić information content (AvgIpc) is 2.30. The second-order valence-electron chi connectivity index (χ2n) is 3.47. The maximum atomic E-state index is 12.3. The van der Waals surface area contributed by atoms with Crippen LogP contribution in [0, 0.1) is 0 Å². The summed E-state index contributed by atoms with van der Waals surface area (Å²) in [6.45, 7) is 0. The summed E-state index contributed by atoms with van der Waals surface area (Å²) < 4.78 is 24.6. The van der Waals surface area contributed by atoms with Crippen molar-refractivity contribution in [3.8, 4) is 16.9 Å². The van der Waals surface area contributed by atoms with Crippen molar-refractivity contribution in [2.24, 2.45) is 0 Å². The number of aromatic hydroxyl groups is 1. The summed E-state index contributed by atoms with van der Waals surface area (Å²) in [5.41, 5.74) is 1.76. The van der Waals surface area contributed by atoms with Gasteiger partial charge in [0.15, 0.2) is 0 Å². The third-order valence-corrected chi connectivity index (χ3v) is 2.36. The SMILES string of the molecule is Oc1ccc(-c2ccc(C(F)F)cc2)cc1. The van der Waals surface area contributed by atoms with Gasteiger partial charge in [0, 0.05) is 5.56 Å². The molecule has 2 aromatic carbocycles. The number of phenolic OH excluding ortho intramolecular Hbond substituents is 1. The van der Waals surface area contributed by atoms with Crippen molar-refractivity contribution in [1.29, 1.82) is 0 Å². The molecule has 0 spiro atoms. The Hall–Kier alpha value is -1.90. The summed E-state index contributed by atoms with van der Waals surface area (Å²) in [4.78, 5) is 0. The molecule has 0 radical (unpaired) electrons. The molecule has 16 heavy (non-hydrogen) atoms. The molecule has 2 rings (SSSR count). The van der Waals surface area contributed by atoms with Gasteiger partial charge in [-0.2, -0.15) is 0 Å². The van der Waals surface area contributed by atoms with Crippen LogP contribution in [-0.4, -0.2) is 5.11 Å². The van der Waals surface area contributed by atoms with Gasteiger partial charge in [-0.15, -0.1) is 0 Å². The lowest BCUT2D eigenvalue weighted by molar-refractivity contribution is 0.151. The van der Waals surface area contributed by atoms with E-state index in [1.165, 1.54) is 12.1 Å². The van der Waals surface area contributed by atoms with Crippen LogP contribution < -0.4 is 0 Å². The van der Waals surface area contributed by atoms with E-state index < -0.39 is 6.43 Å². The average molecular weight is 220 g/mol. The topological polar surface area (TPSA) is 20.2 Å². The Labute approximate surface area is 92.0 Å². The van der Waals surface area contributed by atoms with Crippen LogP contribution in [0.5, 0.6) is 5.75 Å². The van der Waals surface area contributed by atoms with Crippen LogP contribution >= 0.6 is 0 Å². The molecule has 0 amide bonds. The van der Waals surface area contributed by atoms with Gasteiger partial charge >= 0.3 is 0 Å². The molecule has 1 nitrogen and oxygen atoms in total. The maximum Gasteiger partial charge on any atom is 0.263 e. The monoisotopic (exact) mass is 220 g/mol. The van der Waals surface area contributed by atoms with Gasteiger partial charge < -0.3 is 5.11 Å². The first-order chi connectivity index (χ1) is 7.66. The normalized spacial score (nSPS) is 10.7. The summed E-state index contributed by atoms with van der Waals surface area (Å²) in [5.74, 6) is 0.188. The fourth-order valence-electron chi connectivity index (χ4n) is 1.47. The number of hydrogen-bond donors (Lipinski definition) is 1. The lowest BCUT2D eigenvalue weighted by atomic mass is 10.0. The first kappa shape index (κ1) is 10.6. The van der Waals surface area contributed by atoms with Crippen LogP contribution in [0.25, 0.3) is 11.1 Å². The van der Waals surface area contributed by atoms with Crippen molar-refractivity contribution in [1.82, 2.24) is 0 Å². The van der Waals surface area contributed by atoms with Crippen molar-refractivity contribution in [3.63, 3.8) is 0 Å². The molecule has 0 fully saturated rings. The number of rotatable bonds is 2. The van der Waals surface area contributed by atoms with Gasteiger partial charge in [-0.3, -0.25) is 0 Å². The fraction of sp³-hybridized carbons (Fsp3) is 0.0769. The van der Waals surface area contributed by atoms with Crippen LogP contribution in [0.15, 0.2) is 48.5 Å². The van der Waals surface area contributed by atoms with Gasteiger partial charge in [0.2, 0.25) is 0 Å². The molecule has 1 N–H and O–H groups in total. The highest BCUT2D eigenvalue weighted by atomic mass is 19.3. The lowest BCUT2D eigenvalue weighted by Gasteiger charge is -2.04. The Balaban J connectivity index is 2.31. The third kappa shape index (κ3) is 2.19. The molecule has 82 valence electrons. The van der Waals surface area contributed by atoms with Crippen LogP contribution in [0.3, 0.4) is 0 Å². The molecular formula is C13H10F2O. The largest absolute Gasteiger partial charge is 0.508 e. The fourth-order valence-corrected chi connectivity index (χ4v) is 1.47. The predicted molar refractivity (Wildman–Crippen MR) is 58.5 cm³/mol. The molecule has 0 saturated carbocycles. The van der Waals surface area contributed by atoms with Gasteiger partial charge in [0.05, 0.1) is 0 Å². The van der Waals surface area contributed by atoms with E-state index in [2.05, 4.69) is 0 Å². The summed E-state index contributed by atoms with van der Waals surface area (Å²) >= 11 is 0. The molecule has 0 bridgehead atoms. The van der Waals surface area contributed by atoms with Gasteiger partial charge in [0.1, 0.15) is 5.75 Å². The Morgan fingerprint density at radius 3 is 1.62 bits per heavy atom. The van der Waals surface area contributed by atoms with E-state index in [-0.39, 0.29) is 11.3 Å². The second kappa shape index (κ2) is 4.31. The van der Waals surface area contributed by atoms with Gasteiger partial charge in [-0.05, 0) is 23.3 Å². The molecule has 0 atom stereocenters. The van der Waals surface area contributed by atoms with E-state index in [4.69, 9.17) is 5.11 Å². The zero-order chi connectivity index (χ0) is 11.5. The minimum atomic E-state index is -2.44. The maximum absolute atomic E-state index is 12.3. The minimum Gasteiger partial charge on any atom is -0.508 e. The van der Waals surface area contributed by atoms with E-state index in [0.717, 1.165) is 11.1 Å². The Kier molecular flexibility index (Phi) is 2.86. The van der Waals surface area contributed by atoms with Crippen LogP contribution in [0.4, 0.5) is 8.78 Å². The number of hydrogen-bond acceptors (Lipinski definition) is 1. The molecule has 0 heterocycles. The van der Waals surface area contributed by atoms with E-state index in [1.54, 1.807) is 36.4 Å². The Morgan fingerprint density at radius 1 is 0.750 bits per heavy atom. The first-order valence-corrected chi connectivity index (χ1v) is 4.84. The van der Waals surface area contributed by atoms with E-state index in [0.29, 0.717) is 0 Å². The summed E-state index contributed by atoms with van der Waals surface area (Å²) in [5, 5.41) is 9.12. The summed E-state index contributed by atoms with van der Waals surface area (Å²) in [7, 11) is 0. The molecule has 2 aromatic rings. The standard InChI is InChI=1S/C13H10F2O/c14-13(15)11-3-1-9(2-4-11)10-5-7-12(16)8-6-10/h1-8,13,16H. The highest BCUT2D eigenvalue weighted by Gasteiger charge is 2.06. The first-order valence-electron chi connectivity index (χ1n) is 4.84. The number of phenols is 1. The molecular weight excluding hydrogens is 210 g/mol. The zero-order valence-corrected chi connectivity index (χ0v) is 8.40. The third-order valence-electron chi connectivity index (χ3n) is 2.36. The van der Waals surface area contributed by atoms with E-state index in [9.17, 15) is 8.78 Å².